The van der Waals surface area contributed by atoms with Crippen LogP contribution in [0.15, 0.2) is 18.2 Å². The number of carbonyl (C=O) groups is 1. The summed E-state index contributed by atoms with van der Waals surface area (Å²) < 4.78 is 0. The molecule has 1 amide bonds. The first-order chi connectivity index (χ1) is 8.27. The van der Waals surface area contributed by atoms with Crippen molar-refractivity contribution in [3.63, 3.8) is 0 Å². The Morgan fingerprint density at radius 2 is 2.00 bits per heavy atom. The van der Waals surface area contributed by atoms with Gasteiger partial charge in [0.15, 0.2) is 0 Å². The third kappa shape index (κ3) is 3.61. The Morgan fingerprint density at radius 1 is 1.39 bits per heavy atom. The second-order valence-electron chi connectivity index (χ2n) is 4.98. The van der Waals surface area contributed by atoms with E-state index in [1.54, 1.807) is 24.1 Å². The molecule has 0 aliphatic carbocycles. The molecule has 18 heavy (non-hydrogen) atoms. The minimum Gasteiger partial charge on any atom is -0.341 e. The molecule has 0 saturated heterocycles. The number of halogens is 2. The van der Waals surface area contributed by atoms with Crippen molar-refractivity contribution in [2.24, 2.45) is 11.1 Å². The van der Waals surface area contributed by atoms with Gasteiger partial charge in [-0.05, 0) is 31.5 Å². The highest BCUT2D eigenvalue weighted by molar-refractivity contribution is 6.35. The van der Waals surface area contributed by atoms with Crippen LogP contribution in [0.5, 0.6) is 0 Å². The van der Waals surface area contributed by atoms with Crippen LogP contribution in [-0.2, 0) is 11.3 Å². The molecule has 0 spiro atoms. The Kier molecular flexibility index (Phi) is 5.02. The van der Waals surface area contributed by atoms with Crippen molar-refractivity contribution in [2.45, 2.75) is 20.4 Å². The highest BCUT2D eigenvalue weighted by Gasteiger charge is 2.29. The molecule has 0 aliphatic rings. The monoisotopic (exact) mass is 288 g/mol. The summed E-state index contributed by atoms with van der Waals surface area (Å²) in [5.74, 6) is -0.00369. The van der Waals surface area contributed by atoms with E-state index in [2.05, 4.69) is 0 Å². The molecule has 0 aliphatic heterocycles. The van der Waals surface area contributed by atoms with E-state index in [1.807, 2.05) is 19.9 Å². The lowest BCUT2D eigenvalue weighted by molar-refractivity contribution is -0.139. The number of carbonyl (C=O) groups excluding carboxylic acids is 1. The molecule has 5 heteroatoms. The Morgan fingerprint density at radius 3 is 2.50 bits per heavy atom. The van der Waals surface area contributed by atoms with Gasteiger partial charge in [0.25, 0.3) is 0 Å². The smallest absolute Gasteiger partial charge is 0.229 e. The van der Waals surface area contributed by atoms with E-state index in [9.17, 15) is 4.79 Å². The zero-order valence-corrected chi connectivity index (χ0v) is 12.3. The zero-order valence-electron chi connectivity index (χ0n) is 10.8. The summed E-state index contributed by atoms with van der Waals surface area (Å²) in [7, 11) is 1.74. The molecule has 0 unspecified atom stereocenters. The summed E-state index contributed by atoms with van der Waals surface area (Å²) in [6.07, 6.45) is 0. The Hall–Kier alpha value is -0.770. The second-order valence-corrected chi connectivity index (χ2v) is 5.83. The van der Waals surface area contributed by atoms with E-state index in [1.165, 1.54) is 0 Å². The molecule has 0 saturated carbocycles. The molecule has 2 N–H and O–H groups in total. The fraction of sp³-hybridized carbons (Fsp3) is 0.462. The Bertz CT molecular complexity index is 447. The summed E-state index contributed by atoms with van der Waals surface area (Å²) in [6.45, 7) is 4.41. The minimum atomic E-state index is -0.562. The number of hydrogen-bond acceptors (Lipinski definition) is 2. The number of nitrogens with zero attached hydrogens (tertiary/aromatic N) is 1. The number of amides is 1. The molecular weight excluding hydrogens is 271 g/mol. The predicted molar refractivity (Wildman–Crippen MR) is 75.8 cm³/mol. The molecular formula is C13H18Cl2N2O. The third-order valence-electron chi connectivity index (χ3n) is 2.86. The van der Waals surface area contributed by atoms with Gasteiger partial charge < -0.3 is 10.6 Å². The zero-order chi connectivity index (χ0) is 13.9. The van der Waals surface area contributed by atoms with Crippen molar-refractivity contribution in [2.75, 3.05) is 13.6 Å². The van der Waals surface area contributed by atoms with E-state index >= 15 is 0 Å². The maximum Gasteiger partial charge on any atom is 0.229 e. The van der Waals surface area contributed by atoms with Crippen LogP contribution in [0.4, 0.5) is 0 Å². The van der Waals surface area contributed by atoms with Gasteiger partial charge in [0.05, 0.1) is 5.41 Å². The van der Waals surface area contributed by atoms with Crippen LogP contribution in [0.1, 0.15) is 19.4 Å². The highest BCUT2D eigenvalue weighted by Crippen LogP contribution is 2.24. The van der Waals surface area contributed by atoms with E-state index in [-0.39, 0.29) is 5.91 Å². The summed E-state index contributed by atoms with van der Waals surface area (Å²) >= 11 is 11.9. The van der Waals surface area contributed by atoms with Crippen molar-refractivity contribution in [3.8, 4) is 0 Å². The largest absolute Gasteiger partial charge is 0.341 e. The van der Waals surface area contributed by atoms with Gasteiger partial charge in [-0.3, -0.25) is 4.79 Å². The fourth-order valence-electron chi connectivity index (χ4n) is 1.58. The molecule has 1 aromatic carbocycles. The molecule has 0 bridgehead atoms. The summed E-state index contributed by atoms with van der Waals surface area (Å²) in [5, 5.41) is 1.15. The molecule has 0 radical (unpaired) electrons. The van der Waals surface area contributed by atoms with Crippen molar-refractivity contribution < 1.29 is 4.79 Å². The molecule has 100 valence electrons. The predicted octanol–water partition coefficient (Wildman–Crippen LogP) is 2.94. The molecule has 3 nitrogen and oxygen atoms in total. The number of nitrogens with two attached hydrogens (primary N) is 1. The van der Waals surface area contributed by atoms with Gasteiger partial charge >= 0.3 is 0 Å². The third-order valence-corrected chi connectivity index (χ3v) is 3.45. The molecule has 0 aromatic heterocycles. The lowest BCUT2D eigenvalue weighted by Crippen LogP contribution is -2.42. The Balaban J connectivity index is 2.82. The van der Waals surface area contributed by atoms with E-state index in [0.717, 1.165) is 5.56 Å². The lowest BCUT2D eigenvalue weighted by atomic mass is 9.92. The Labute approximate surface area is 118 Å². The molecule has 0 heterocycles. The van der Waals surface area contributed by atoms with Gasteiger partial charge in [0.1, 0.15) is 0 Å². The average Bonchev–Trinajstić information content (AvgIpc) is 2.31. The lowest BCUT2D eigenvalue weighted by Gasteiger charge is -2.28. The van der Waals surface area contributed by atoms with E-state index in [4.69, 9.17) is 28.9 Å². The first kappa shape index (κ1) is 15.3. The van der Waals surface area contributed by atoms with Crippen molar-refractivity contribution in [1.29, 1.82) is 0 Å². The molecule has 0 fully saturated rings. The second kappa shape index (κ2) is 5.91. The van der Waals surface area contributed by atoms with Crippen LogP contribution < -0.4 is 5.73 Å². The fourth-order valence-corrected chi connectivity index (χ4v) is 2.05. The normalized spacial score (nSPS) is 11.4. The van der Waals surface area contributed by atoms with E-state index in [0.29, 0.717) is 23.1 Å². The maximum absolute atomic E-state index is 12.2. The van der Waals surface area contributed by atoms with Crippen molar-refractivity contribution >= 4 is 29.1 Å². The van der Waals surface area contributed by atoms with Gasteiger partial charge in [-0.25, -0.2) is 0 Å². The molecule has 1 aromatic rings. The number of benzene rings is 1. The molecule has 0 atom stereocenters. The van der Waals surface area contributed by atoms with Crippen LogP contribution in [-0.4, -0.2) is 24.4 Å². The summed E-state index contributed by atoms with van der Waals surface area (Å²) in [6, 6.07) is 5.25. The van der Waals surface area contributed by atoms with E-state index < -0.39 is 5.41 Å². The van der Waals surface area contributed by atoms with Gasteiger partial charge in [-0.1, -0.05) is 29.3 Å². The van der Waals surface area contributed by atoms with Crippen LogP contribution in [0, 0.1) is 5.41 Å². The minimum absolute atomic E-state index is 0.00369. The first-order valence-corrected chi connectivity index (χ1v) is 6.43. The van der Waals surface area contributed by atoms with Crippen molar-refractivity contribution in [1.82, 2.24) is 4.90 Å². The van der Waals surface area contributed by atoms with Gasteiger partial charge in [0.2, 0.25) is 5.91 Å². The standard InChI is InChI=1S/C13H18Cl2N2O/c1-13(2,8-16)12(18)17(3)7-9-4-5-10(14)6-11(9)15/h4-6H,7-8,16H2,1-3H3. The van der Waals surface area contributed by atoms with Crippen molar-refractivity contribution in [3.05, 3.63) is 33.8 Å². The van der Waals surface area contributed by atoms with Gasteiger partial charge in [-0.2, -0.15) is 0 Å². The topological polar surface area (TPSA) is 46.3 Å². The van der Waals surface area contributed by atoms with Crippen LogP contribution in [0.3, 0.4) is 0 Å². The van der Waals surface area contributed by atoms with Crippen LogP contribution >= 0.6 is 23.2 Å². The first-order valence-electron chi connectivity index (χ1n) is 5.67. The van der Waals surface area contributed by atoms with Gasteiger partial charge in [0, 0.05) is 30.2 Å². The van der Waals surface area contributed by atoms with Crippen LogP contribution in [0.2, 0.25) is 10.0 Å². The van der Waals surface area contributed by atoms with Gasteiger partial charge in [-0.15, -0.1) is 0 Å². The highest BCUT2D eigenvalue weighted by atomic mass is 35.5. The number of rotatable bonds is 4. The quantitative estimate of drug-likeness (QED) is 0.926. The summed E-state index contributed by atoms with van der Waals surface area (Å²) in [5.41, 5.74) is 5.90. The maximum atomic E-state index is 12.2. The molecule has 1 rings (SSSR count). The average molecular weight is 289 g/mol. The van der Waals surface area contributed by atoms with Crippen LogP contribution in [0.25, 0.3) is 0 Å². The SMILES string of the molecule is CN(Cc1ccc(Cl)cc1Cl)C(=O)C(C)(C)CN. The summed E-state index contributed by atoms with van der Waals surface area (Å²) in [4.78, 5) is 13.8. The number of hydrogen-bond donors (Lipinski definition) is 1.